The van der Waals surface area contributed by atoms with Crippen LogP contribution < -0.4 is 0 Å². The normalized spacial score (nSPS) is 15.1. The highest BCUT2D eigenvalue weighted by Gasteiger charge is 2.24. The van der Waals surface area contributed by atoms with Gasteiger partial charge in [-0.3, -0.25) is 0 Å². The fourth-order valence-corrected chi connectivity index (χ4v) is 1.93. The predicted octanol–water partition coefficient (Wildman–Crippen LogP) is 3.81. The molecule has 0 spiro atoms. The van der Waals surface area contributed by atoms with Crippen molar-refractivity contribution in [2.45, 2.75) is 46.3 Å². The molecule has 1 aromatic carbocycles. The van der Waals surface area contributed by atoms with E-state index in [2.05, 4.69) is 27.7 Å². The Bertz CT molecular complexity index is 319. The molecule has 0 fully saturated rings. The lowest BCUT2D eigenvalue weighted by Gasteiger charge is -2.27. The lowest BCUT2D eigenvalue weighted by molar-refractivity contribution is -0.0656. The van der Waals surface area contributed by atoms with Gasteiger partial charge >= 0.3 is 0 Å². The Labute approximate surface area is 111 Å². The zero-order valence-electron chi connectivity index (χ0n) is 12.0. The number of hydrogen-bond donors (Lipinski definition) is 1. The van der Waals surface area contributed by atoms with E-state index < -0.39 is 6.10 Å². The molecule has 0 aromatic heterocycles. The van der Waals surface area contributed by atoms with Crippen LogP contribution >= 0.6 is 0 Å². The lowest BCUT2D eigenvalue weighted by Crippen LogP contribution is -2.28. The topological polar surface area (TPSA) is 29.5 Å². The van der Waals surface area contributed by atoms with Gasteiger partial charge in [-0.05, 0) is 23.8 Å². The van der Waals surface area contributed by atoms with Gasteiger partial charge in [0.05, 0.1) is 6.10 Å². The van der Waals surface area contributed by atoms with Crippen molar-refractivity contribution in [2.24, 2.45) is 11.8 Å². The minimum atomic E-state index is -0.543. The van der Waals surface area contributed by atoms with Crippen molar-refractivity contribution in [3.05, 3.63) is 35.9 Å². The minimum Gasteiger partial charge on any atom is -0.386 e. The summed E-state index contributed by atoms with van der Waals surface area (Å²) in [7, 11) is 0. The van der Waals surface area contributed by atoms with Crippen LogP contribution in [0.25, 0.3) is 0 Å². The van der Waals surface area contributed by atoms with Crippen molar-refractivity contribution in [1.29, 1.82) is 0 Å². The number of rotatable bonds is 7. The molecule has 0 aliphatic carbocycles. The van der Waals surface area contributed by atoms with Crippen LogP contribution in [0.2, 0.25) is 0 Å². The van der Waals surface area contributed by atoms with E-state index in [1.54, 1.807) is 0 Å². The van der Waals surface area contributed by atoms with Gasteiger partial charge in [0.25, 0.3) is 0 Å². The van der Waals surface area contributed by atoms with Crippen molar-refractivity contribution >= 4 is 0 Å². The van der Waals surface area contributed by atoms with Crippen LogP contribution in [0, 0.1) is 11.8 Å². The van der Waals surface area contributed by atoms with E-state index in [0.29, 0.717) is 18.4 Å². The third-order valence-corrected chi connectivity index (χ3v) is 3.11. The second-order valence-corrected chi connectivity index (χ2v) is 5.62. The van der Waals surface area contributed by atoms with Crippen molar-refractivity contribution in [3.8, 4) is 0 Å². The number of benzene rings is 1. The summed E-state index contributed by atoms with van der Waals surface area (Å²) in [5.41, 5.74) is 0.931. The maximum absolute atomic E-state index is 10.4. The van der Waals surface area contributed by atoms with Gasteiger partial charge in [0.15, 0.2) is 0 Å². The molecule has 1 rings (SSSR count). The quantitative estimate of drug-likeness (QED) is 0.797. The third kappa shape index (κ3) is 4.79. The van der Waals surface area contributed by atoms with E-state index in [-0.39, 0.29) is 6.10 Å². The van der Waals surface area contributed by atoms with Crippen LogP contribution in [0.15, 0.2) is 30.3 Å². The Morgan fingerprint density at radius 1 is 1.06 bits per heavy atom. The molecule has 0 amide bonds. The standard InChI is InChI=1S/C16H26O2/c1-12(2)10-11-18-16(13(3)4)15(17)14-8-6-5-7-9-14/h5-9,12-13,15-17H,10-11H2,1-4H3. The van der Waals surface area contributed by atoms with Crippen LogP contribution in [-0.4, -0.2) is 17.8 Å². The second-order valence-electron chi connectivity index (χ2n) is 5.62. The van der Waals surface area contributed by atoms with Gasteiger partial charge in [0.2, 0.25) is 0 Å². The van der Waals surface area contributed by atoms with E-state index in [1.165, 1.54) is 0 Å². The number of aliphatic hydroxyl groups is 1. The highest BCUT2D eigenvalue weighted by atomic mass is 16.5. The van der Waals surface area contributed by atoms with Crippen LogP contribution in [0.1, 0.15) is 45.8 Å². The van der Waals surface area contributed by atoms with E-state index in [9.17, 15) is 5.11 Å². The fraction of sp³-hybridized carbons (Fsp3) is 0.625. The molecule has 2 heteroatoms. The number of aliphatic hydroxyl groups excluding tert-OH is 1. The van der Waals surface area contributed by atoms with Gasteiger partial charge in [0.1, 0.15) is 6.10 Å². The first-order chi connectivity index (χ1) is 8.52. The van der Waals surface area contributed by atoms with Gasteiger partial charge < -0.3 is 9.84 Å². The van der Waals surface area contributed by atoms with Crippen LogP contribution in [0.4, 0.5) is 0 Å². The molecule has 0 saturated carbocycles. The Hall–Kier alpha value is -0.860. The average molecular weight is 250 g/mol. The summed E-state index contributed by atoms with van der Waals surface area (Å²) in [5, 5.41) is 10.4. The summed E-state index contributed by atoms with van der Waals surface area (Å²) in [6.45, 7) is 9.26. The van der Waals surface area contributed by atoms with E-state index in [1.807, 2.05) is 30.3 Å². The number of ether oxygens (including phenoxy) is 1. The Morgan fingerprint density at radius 2 is 1.67 bits per heavy atom. The van der Waals surface area contributed by atoms with Gasteiger partial charge in [-0.2, -0.15) is 0 Å². The van der Waals surface area contributed by atoms with Crippen molar-refractivity contribution in [1.82, 2.24) is 0 Å². The van der Waals surface area contributed by atoms with Crippen molar-refractivity contribution in [3.63, 3.8) is 0 Å². The number of hydrogen-bond acceptors (Lipinski definition) is 2. The summed E-state index contributed by atoms with van der Waals surface area (Å²) in [6.07, 6.45) is 0.356. The van der Waals surface area contributed by atoms with Gasteiger partial charge in [0, 0.05) is 6.61 Å². The molecular formula is C16H26O2. The minimum absolute atomic E-state index is 0.133. The molecule has 0 radical (unpaired) electrons. The third-order valence-electron chi connectivity index (χ3n) is 3.11. The molecule has 2 atom stereocenters. The first kappa shape index (κ1) is 15.2. The Morgan fingerprint density at radius 3 is 2.17 bits per heavy atom. The lowest BCUT2D eigenvalue weighted by atomic mass is 9.96. The first-order valence-electron chi connectivity index (χ1n) is 6.87. The van der Waals surface area contributed by atoms with Crippen molar-refractivity contribution in [2.75, 3.05) is 6.61 Å². The molecule has 0 saturated heterocycles. The van der Waals surface area contributed by atoms with E-state index in [4.69, 9.17) is 4.74 Å². The summed E-state index contributed by atoms with van der Waals surface area (Å²) in [6, 6.07) is 9.76. The maximum Gasteiger partial charge on any atom is 0.105 e. The smallest absolute Gasteiger partial charge is 0.105 e. The molecule has 18 heavy (non-hydrogen) atoms. The monoisotopic (exact) mass is 250 g/mol. The fourth-order valence-electron chi connectivity index (χ4n) is 1.93. The Kier molecular flexibility index (Phi) is 6.37. The molecule has 0 heterocycles. The molecule has 0 aliphatic rings. The van der Waals surface area contributed by atoms with E-state index in [0.717, 1.165) is 12.0 Å². The summed E-state index contributed by atoms with van der Waals surface area (Å²) < 4.78 is 5.88. The second kappa shape index (κ2) is 7.55. The predicted molar refractivity (Wildman–Crippen MR) is 75.4 cm³/mol. The summed E-state index contributed by atoms with van der Waals surface area (Å²) in [5.74, 6) is 0.930. The SMILES string of the molecule is CC(C)CCOC(C(C)C)C(O)c1ccccc1. The molecule has 0 aliphatic heterocycles. The maximum atomic E-state index is 10.4. The van der Waals surface area contributed by atoms with Crippen LogP contribution in [-0.2, 0) is 4.74 Å². The first-order valence-corrected chi connectivity index (χ1v) is 6.87. The molecule has 0 bridgehead atoms. The highest BCUT2D eigenvalue weighted by molar-refractivity contribution is 5.18. The van der Waals surface area contributed by atoms with Gasteiger partial charge in [-0.1, -0.05) is 58.0 Å². The molecule has 102 valence electrons. The summed E-state index contributed by atoms with van der Waals surface area (Å²) in [4.78, 5) is 0. The van der Waals surface area contributed by atoms with Gasteiger partial charge in [-0.15, -0.1) is 0 Å². The molecule has 1 N–H and O–H groups in total. The van der Waals surface area contributed by atoms with Crippen LogP contribution in [0.5, 0.6) is 0 Å². The molecule has 2 unspecified atom stereocenters. The van der Waals surface area contributed by atoms with Crippen LogP contribution in [0.3, 0.4) is 0 Å². The highest BCUT2D eigenvalue weighted by Crippen LogP contribution is 2.24. The van der Waals surface area contributed by atoms with E-state index >= 15 is 0 Å². The zero-order chi connectivity index (χ0) is 13.5. The van der Waals surface area contributed by atoms with Gasteiger partial charge in [-0.25, -0.2) is 0 Å². The average Bonchev–Trinajstić information content (AvgIpc) is 2.34. The summed E-state index contributed by atoms with van der Waals surface area (Å²) >= 11 is 0. The molecule has 2 nitrogen and oxygen atoms in total. The molecule has 1 aromatic rings. The Balaban J connectivity index is 2.61. The molecular weight excluding hydrogens is 224 g/mol. The largest absolute Gasteiger partial charge is 0.386 e. The van der Waals surface area contributed by atoms with Crippen molar-refractivity contribution < 1.29 is 9.84 Å². The zero-order valence-corrected chi connectivity index (χ0v) is 12.0.